The number of hydrogen-bond donors (Lipinski definition) is 1. The zero-order valence-corrected chi connectivity index (χ0v) is 9.85. The van der Waals surface area contributed by atoms with E-state index in [0.29, 0.717) is 5.92 Å². The second-order valence-corrected chi connectivity index (χ2v) is 4.32. The highest BCUT2D eigenvalue weighted by Gasteiger charge is 2.12. The first-order chi connectivity index (χ1) is 7.72. The van der Waals surface area contributed by atoms with Crippen LogP contribution in [0.2, 0.25) is 0 Å². The Labute approximate surface area is 95.5 Å². The van der Waals surface area contributed by atoms with E-state index < -0.39 is 0 Å². The van der Waals surface area contributed by atoms with Gasteiger partial charge in [-0.2, -0.15) is 0 Å². The van der Waals surface area contributed by atoms with Crippen LogP contribution in [0.15, 0.2) is 18.3 Å². The Bertz CT molecular complexity index is 475. The van der Waals surface area contributed by atoms with E-state index in [2.05, 4.69) is 34.5 Å². The fraction of sp³-hybridized carbons (Fsp3) is 0.500. The van der Waals surface area contributed by atoms with Crippen LogP contribution in [0.25, 0.3) is 5.65 Å². The predicted octanol–water partition coefficient (Wildman–Crippen LogP) is 1.88. The van der Waals surface area contributed by atoms with Gasteiger partial charge in [-0.15, -0.1) is 10.2 Å². The van der Waals surface area contributed by atoms with E-state index in [1.165, 1.54) is 5.56 Å². The number of rotatable bonds is 4. The van der Waals surface area contributed by atoms with Crippen molar-refractivity contribution in [2.45, 2.75) is 32.6 Å². The molecule has 4 nitrogen and oxygen atoms in total. The lowest BCUT2D eigenvalue weighted by molar-refractivity contribution is 0.603. The third kappa shape index (κ3) is 2.07. The molecule has 0 saturated carbocycles. The maximum Gasteiger partial charge on any atom is 0.161 e. The van der Waals surface area contributed by atoms with Crippen LogP contribution >= 0.6 is 0 Å². The summed E-state index contributed by atoms with van der Waals surface area (Å²) in [6, 6.07) is 4.13. The van der Waals surface area contributed by atoms with Crippen molar-refractivity contribution in [3.8, 4) is 0 Å². The molecule has 2 aromatic heterocycles. The molecule has 0 aliphatic heterocycles. The van der Waals surface area contributed by atoms with Crippen LogP contribution in [0, 0.1) is 6.92 Å². The van der Waals surface area contributed by atoms with Crippen molar-refractivity contribution in [1.29, 1.82) is 0 Å². The summed E-state index contributed by atoms with van der Waals surface area (Å²) >= 11 is 0. The van der Waals surface area contributed by atoms with E-state index in [9.17, 15) is 0 Å². The van der Waals surface area contributed by atoms with Gasteiger partial charge in [0.15, 0.2) is 5.65 Å². The van der Waals surface area contributed by atoms with Crippen LogP contribution in [0.4, 0.5) is 0 Å². The van der Waals surface area contributed by atoms with Crippen LogP contribution in [-0.4, -0.2) is 21.1 Å². The largest absolute Gasteiger partial charge is 0.330 e. The van der Waals surface area contributed by atoms with E-state index in [0.717, 1.165) is 30.9 Å². The summed E-state index contributed by atoms with van der Waals surface area (Å²) in [6.07, 6.45) is 4.13. The minimum atomic E-state index is 0.404. The summed E-state index contributed by atoms with van der Waals surface area (Å²) in [5.74, 6) is 1.43. The van der Waals surface area contributed by atoms with Crippen molar-refractivity contribution in [3.63, 3.8) is 0 Å². The molecule has 16 heavy (non-hydrogen) atoms. The first-order valence-electron chi connectivity index (χ1n) is 5.73. The monoisotopic (exact) mass is 218 g/mol. The minimum Gasteiger partial charge on any atom is -0.330 e. The van der Waals surface area contributed by atoms with E-state index in [-0.39, 0.29) is 0 Å². The number of aromatic nitrogens is 3. The average Bonchev–Trinajstić information content (AvgIpc) is 2.68. The molecule has 0 saturated heterocycles. The van der Waals surface area contributed by atoms with Gasteiger partial charge in [-0.25, -0.2) is 0 Å². The number of pyridine rings is 1. The van der Waals surface area contributed by atoms with E-state index in [1.54, 1.807) is 0 Å². The Morgan fingerprint density at radius 1 is 1.44 bits per heavy atom. The normalized spacial score (nSPS) is 13.2. The number of nitrogens with two attached hydrogens (primary N) is 1. The van der Waals surface area contributed by atoms with Gasteiger partial charge < -0.3 is 5.73 Å². The van der Waals surface area contributed by atoms with Crippen molar-refractivity contribution < 1.29 is 0 Å². The van der Waals surface area contributed by atoms with Crippen LogP contribution < -0.4 is 5.73 Å². The van der Waals surface area contributed by atoms with Gasteiger partial charge in [0, 0.05) is 12.1 Å². The molecule has 0 radical (unpaired) electrons. The van der Waals surface area contributed by atoms with Crippen molar-refractivity contribution in [2.75, 3.05) is 6.54 Å². The van der Waals surface area contributed by atoms with Crippen molar-refractivity contribution in [1.82, 2.24) is 14.6 Å². The molecule has 2 rings (SSSR count). The molecule has 1 atom stereocenters. The van der Waals surface area contributed by atoms with Gasteiger partial charge in [-0.3, -0.25) is 4.40 Å². The molecular formula is C12H18N4. The molecule has 2 N–H and O–H groups in total. The molecule has 4 heteroatoms. The first kappa shape index (κ1) is 11.1. The number of nitrogens with zero attached hydrogens (tertiary/aromatic N) is 3. The lowest BCUT2D eigenvalue weighted by atomic mass is 10.1. The Kier molecular flexibility index (Phi) is 3.19. The standard InChI is InChI=1S/C12H18N4/c1-9-5-7-16-11(8-9)14-15-12(16)10(2)4-3-6-13/h5,7-8,10H,3-4,6,13H2,1-2H3. The molecule has 1 unspecified atom stereocenters. The maximum absolute atomic E-state index is 5.52. The van der Waals surface area contributed by atoms with Gasteiger partial charge in [0.25, 0.3) is 0 Å². The first-order valence-corrected chi connectivity index (χ1v) is 5.73. The highest BCUT2D eigenvalue weighted by molar-refractivity contribution is 5.41. The number of fused-ring (bicyclic) bond motifs is 1. The Morgan fingerprint density at radius 3 is 3.00 bits per heavy atom. The van der Waals surface area contributed by atoms with E-state index >= 15 is 0 Å². The fourth-order valence-corrected chi connectivity index (χ4v) is 1.90. The summed E-state index contributed by atoms with van der Waals surface area (Å²) in [7, 11) is 0. The molecule has 86 valence electrons. The average molecular weight is 218 g/mol. The van der Waals surface area contributed by atoms with Crippen LogP contribution in [0.5, 0.6) is 0 Å². The minimum absolute atomic E-state index is 0.404. The summed E-state index contributed by atoms with van der Waals surface area (Å²) < 4.78 is 2.06. The molecule has 0 fully saturated rings. The molecule has 0 bridgehead atoms. The molecule has 0 aliphatic carbocycles. The summed E-state index contributed by atoms with van der Waals surface area (Å²) in [5, 5.41) is 8.45. The van der Waals surface area contributed by atoms with Crippen molar-refractivity contribution >= 4 is 5.65 Å². The highest BCUT2D eigenvalue weighted by atomic mass is 15.2. The zero-order chi connectivity index (χ0) is 11.5. The quantitative estimate of drug-likeness (QED) is 0.852. The predicted molar refractivity (Wildman–Crippen MR) is 64.4 cm³/mol. The third-order valence-electron chi connectivity index (χ3n) is 2.87. The van der Waals surface area contributed by atoms with E-state index in [4.69, 9.17) is 5.73 Å². The van der Waals surface area contributed by atoms with Gasteiger partial charge >= 0.3 is 0 Å². The van der Waals surface area contributed by atoms with Crippen LogP contribution in [0.3, 0.4) is 0 Å². The van der Waals surface area contributed by atoms with Gasteiger partial charge in [0.05, 0.1) is 0 Å². The summed E-state index contributed by atoms with van der Waals surface area (Å²) in [5.41, 5.74) is 7.65. The molecule has 2 heterocycles. The lowest BCUT2D eigenvalue weighted by Gasteiger charge is -2.08. The Hall–Kier alpha value is -1.42. The molecule has 0 aliphatic rings. The number of hydrogen-bond acceptors (Lipinski definition) is 3. The fourth-order valence-electron chi connectivity index (χ4n) is 1.90. The molecule has 2 aromatic rings. The Balaban J connectivity index is 2.31. The van der Waals surface area contributed by atoms with Crippen molar-refractivity contribution in [2.24, 2.45) is 5.73 Å². The van der Waals surface area contributed by atoms with Gasteiger partial charge in [0.2, 0.25) is 0 Å². The summed E-state index contributed by atoms with van der Waals surface area (Å²) in [6.45, 7) is 4.97. The van der Waals surface area contributed by atoms with Crippen LogP contribution in [0.1, 0.15) is 37.1 Å². The molecular weight excluding hydrogens is 200 g/mol. The Morgan fingerprint density at radius 2 is 2.25 bits per heavy atom. The number of aryl methyl sites for hydroxylation is 1. The van der Waals surface area contributed by atoms with Crippen molar-refractivity contribution in [3.05, 3.63) is 29.7 Å². The SMILES string of the molecule is Cc1ccn2c(C(C)CCCN)nnc2c1. The second kappa shape index (κ2) is 4.61. The third-order valence-corrected chi connectivity index (χ3v) is 2.87. The smallest absolute Gasteiger partial charge is 0.161 e. The van der Waals surface area contributed by atoms with E-state index in [1.807, 2.05) is 12.3 Å². The summed E-state index contributed by atoms with van der Waals surface area (Å²) in [4.78, 5) is 0. The lowest BCUT2D eigenvalue weighted by Crippen LogP contribution is -2.05. The molecule has 0 aromatic carbocycles. The maximum atomic E-state index is 5.52. The van der Waals surface area contributed by atoms with Gasteiger partial charge in [-0.05, 0) is 44.0 Å². The topological polar surface area (TPSA) is 56.2 Å². The van der Waals surface area contributed by atoms with Gasteiger partial charge in [-0.1, -0.05) is 6.92 Å². The molecule has 0 amide bonds. The van der Waals surface area contributed by atoms with Crippen LogP contribution in [-0.2, 0) is 0 Å². The highest BCUT2D eigenvalue weighted by Crippen LogP contribution is 2.19. The molecule has 0 spiro atoms. The second-order valence-electron chi connectivity index (χ2n) is 4.32. The zero-order valence-electron chi connectivity index (χ0n) is 9.85. The van der Waals surface area contributed by atoms with Gasteiger partial charge in [0.1, 0.15) is 5.82 Å².